The molecular weight excluding hydrogens is 234 g/mol. The Morgan fingerprint density at radius 3 is 1.89 bits per heavy atom. The van der Waals surface area contributed by atoms with Crippen molar-refractivity contribution in [2.45, 2.75) is 79.8 Å². The third-order valence-electron chi connectivity index (χ3n) is 5.43. The number of likely N-dealkylation sites (tertiary alicyclic amines) is 1. The van der Waals surface area contributed by atoms with Crippen LogP contribution < -0.4 is 0 Å². The molecule has 2 rings (SSSR count). The lowest BCUT2D eigenvalue weighted by atomic mass is 9.82. The zero-order valence-corrected chi connectivity index (χ0v) is 14.1. The van der Waals surface area contributed by atoms with Gasteiger partial charge in [0.25, 0.3) is 0 Å². The largest absolute Gasteiger partial charge is 0.297 e. The Hall–Kier alpha value is -0.370. The summed E-state index contributed by atoms with van der Waals surface area (Å²) in [5, 5.41) is 0. The Balaban J connectivity index is 2.29. The van der Waals surface area contributed by atoms with E-state index >= 15 is 0 Å². The maximum Gasteiger partial charge on any atom is 0.155 e. The minimum Gasteiger partial charge on any atom is -0.297 e. The standard InChI is InChI=1S/C17H31NO/c1-14(2,3)13(19)12-9-17(10-16(17,7)8)11-18(12)15(4,5)6/h12H,9-11H2,1-8H3/t12-,17+/m0/s1. The van der Waals surface area contributed by atoms with Crippen molar-refractivity contribution in [3.05, 3.63) is 0 Å². The molecule has 110 valence electrons. The molecule has 0 radical (unpaired) electrons. The number of nitrogens with zero attached hydrogens (tertiary/aromatic N) is 1. The van der Waals surface area contributed by atoms with Crippen molar-refractivity contribution in [3.63, 3.8) is 0 Å². The van der Waals surface area contributed by atoms with E-state index < -0.39 is 0 Å². The quantitative estimate of drug-likeness (QED) is 0.717. The number of carbonyl (C=O) groups excluding carboxylic acids is 1. The van der Waals surface area contributed by atoms with Crippen LogP contribution >= 0.6 is 0 Å². The van der Waals surface area contributed by atoms with Gasteiger partial charge >= 0.3 is 0 Å². The number of hydrogen-bond acceptors (Lipinski definition) is 2. The van der Waals surface area contributed by atoms with Crippen LogP contribution in [0.1, 0.15) is 68.2 Å². The van der Waals surface area contributed by atoms with Crippen molar-refractivity contribution in [2.75, 3.05) is 6.54 Å². The highest BCUT2D eigenvalue weighted by Gasteiger charge is 2.67. The fourth-order valence-electron chi connectivity index (χ4n) is 3.84. The van der Waals surface area contributed by atoms with Crippen LogP contribution in [0.25, 0.3) is 0 Å². The van der Waals surface area contributed by atoms with Crippen molar-refractivity contribution in [1.82, 2.24) is 4.90 Å². The molecule has 2 fully saturated rings. The van der Waals surface area contributed by atoms with E-state index in [1.54, 1.807) is 0 Å². The fourth-order valence-corrected chi connectivity index (χ4v) is 3.84. The van der Waals surface area contributed by atoms with E-state index in [9.17, 15) is 4.79 Å². The molecule has 0 unspecified atom stereocenters. The summed E-state index contributed by atoms with van der Waals surface area (Å²) in [6.07, 6.45) is 2.34. The van der Waals surface area contributed by atoms with Gasteiger partial charge in [-0.1, -0.05) is 34.6 Å². The van der Waals surface area contributed by atoms with Crippen LogP contribution in [0.15, 0.2) is 0 Å². The summed E-state index contributed by atoms with van der Waals surface area (Å²) >= 11 is 0. The fraction of sp³-hybridized carbons (Fsp3) is 0.941. The normalized spacial score (nSPS) is 34.8. The Morgan fingerprint density at radius 2 is 1.58 bits per heavy atom. The van der Waals surface area contributed by atoms with Gasteiger partial charge in [0.1, 0.15) is 0 Å². The summed E-state index contributed by atoms with van der Waals surface area (Å²) < 4.78 is 0. The van der Waals surface area contributed by atoms with Gasteiger partial charge < -0.3 is 0 Å². The molecule has 2 nitrogen and oxygen atoms in total. The van der Waals surface area contributed by atoms with Crippen molar-refractivity contribution >= 4 is 5.78 Å². The molecule has 1 aliphatic carbocycles. The lowest BCUT2D eigenvalue weighted by Gasteiger charge is -2.38. The summed E-state index contributed by atoms with van der Waals surface area (Å²) in [5.74, 6) is 0.419. The Morgan fingerprint density at radius 1 is 1.11 bits per heavy atom. The van der Waals surface area contributed by atoms with Gasteiger partial charge in [-0.2, -0.15) is 0 Å². The predicted octanol–water partition coefficient (Wildman–Crippen LogP) is 3.89. The first-order chi connectivity index (χ1) is 8.30. The molecule has 2 atom stereocenters. The zero-order chi connectivity index (χ0) is 14.9. The molecule has 19 heavy (non-hydrogen) atoms. The van der Waals surface area contributed by atoms with E-state index in [4.69, 9.17) is 0 Å². The highest BCUT2D eigenvalue weighted by atomic mass is 16.1. The van der Waals surface area contributed by atoms with E-state index in [0.29, 0.717) is 16.6 Å². The summed E-state index contributed by atoms with van der Waals surface area (Å²) in [7, 11) is 0. The third-order valence-corrected chi connectivity index (χ3v) is 5.43. The first-order valence-corrected chi connectivity index (χ1v) is 7.61. The van der Waals surface area contributed by atoms with Crippen LogP contribution in [-0.4, -0.2) is 28.8 Å². The molecule has 2 aliphatic rings. The maximum absolute atomic E-state index is 12.8. The van der Waals surface area contributed by atoms with Gasteiger partial charge in [0.05, 0.1) is 6.04 Å². The average molecular weight is 265 g/mol. The van der Waals surface area contributed by atoms with Crippen molar-refractivity contribution < 1.29 is 4.79 Å². The van der Waals surface area contributed by atoms with Crippen molar-refractivity contribution in [3.8, 4) is 0 Å². The summed E-state index contributed by atoms with van der Waals surface area (Å²) in [4.78, 5) is 15.3. The Labute approximate surface area is 118 Å². The molecule has 0 amide bonds. The van der Waals surface area contributed by atoms with Crippen LogP contribution in [0.3, 0.4) is 0 Å². The first kappa shape index (κ1) is 15.0. The van der Waals surface area contributed by atoms with Crippen LogP contribution in [0.4, 0.5) is 0 Å². The number of rotatable bonds is 1. The molecule has 1 heterocycles. The van der Waals surface area contributed by atoms with Gasteiger partial charge in [-0.05, 0) is 44.4 Å². The monoisotopic (exact) mass is 265 g/mol. The van der Waals surface area contributed by atoms with E-state index in [2.05, 4.69) is 60.3 Å². The third kappa shape index (κ3) is 2.37. The smallest absolute Gasteiger partial charge is 0.155 e. The maximum atomic E-state index is 12.8. The lowest BCUT2D eigenvalue weighted by Crippen LogP contribution is -2.50. The Bertz CT molecular complexity index is 396. The highest BCUT2D eigenvalue weighted by molar-refractivity contribution is 5.89. The molecule has 0 aromatic heterocycles. The number of hydrogen-bond donors (Lipinski definition) is 0. The van der Waals surface area contributed by atoms with E-state index in [1.807, 2.05) is 0 Å². The van der Waals surface area contributed by atoms with Crippen LogP contribution in [0.5, 0.6) is 0 Å². The summed E-state index contributed by atoms with van der Waals surface area (Å²) in [6.45, 7) is 18.7. The molecule has 0 aromatic rings. The molecule has 1 spiro atoms. The van der Waals surface area contributed by atoms with Crippen LogP contribution in [-0.2, 0) is 4.79 Å². The molecule has 1 saturated heterocycles. The van der Waals surface area contributed by atoms with Gasteiger partial charge in [0.15, 0.2) is 5.78 Å². The number of ketones is 1. The molecule has 2 heteroatoms. The van der Waals surface area contributed by atoms with Crippen molar-refractivity contribution in [2.24, 2.45) is 16.2 Å². The predicted molar refractivity (Wildman–Crippen MR) is 80.2 cm³/mol. The minimum atomic E-state index is -0.237. The second-order valence-corrected chi connectivity index (χ2v) is 9.47. The molecule has 1 aliphatic heterocycles. The number of carbonyl (C=O) groups is 1. The molecule has 0 bridgehead atoms. The average Bonchev–Trinajstić information content (AvgIpc) is 2.54. The second kappa shape index (κ2) is 3.84. The minimum absolute atomic E-state index is 0.0771. The van der Waals surface area contributed by atoms with Gasteiger partial charge in [-0.15, -0.1) is 0 Å². The van der Waals surface area contributed by atoms with Gasteiger partial charge in [-0.3, -0.25) is 9.69 Å². The van der Waals surface area contributed by atoms with Crippen LogP contribution in [0, 0.1) is 16.2 Å². The summed E-state index contributed by atoms with van der Waals surface area (Å²) in [6, 6.07) is 0.113. The molecule has 0 N–H and O–H groups in total. The van der Waals surface area contributed by atoms with Gasteiger partial charge in [-0.25, -0.2) is 0 Å². The SMILES string of the molecule is CC(C)(C)C(=O)[C@@H]1C[C@]2(CN1C(C)(C)C)CC2(C)C. The zero-order valence-electron chi connectivity index (χ0n) is 14.1. The van der Waals surface area contributed by atoms with Gasteiger partial charge in [0.2, 0.25) is 0 Å². The number of Topliss-reactive ketones (excluding diaryl/α,β-unsaturated/α-hetero) is 1. The molecule has 0 aromatic carbocycles. The van der Waals surface area contributed by atoms with Crippen molar-refractivity contribution in [1.29, 1.82) is 0 Å². The molecular formula is C17H31NO. The lowest BCUT2D eigenvalue weighted by molar-refractivity contribution is -0.132. The first-order valence-electron chi connectivity index (χ1n) is 7.61. The summed E-state index contributed by atoms with van der Waals surface area (Å²) in [5.41, 5.74) is 0.655. The Kier molecular flexibility index (Phi) is 3.04. The van der Waals surface area contributed by atoms with Crippen LogP contribution in [0.2, 0.25) is 0 Å². The van der Waals surface area contributed by atoms with E-state index in [-0.39, 0.29) is 17.0 Å². The van der Waals surface area contributed by atoms with Gasteiger partial charge in [0, 0.05) is 17.5 Å². The van der Waals surface area contributed by atoms with E-state index in [0.717, 1.165) is 13.0 Å². The highest BCUT2D eigenvalue weighted by Crippen LogP contribution is 2.69. The van der Waals surface area contributed by atoms with E-state index in [1.165, 1.54) is 6.42 Å². The second-order valence-electron chi connectivity index (χ2n) is 9.47. The topological polar surface area (TPSA) is 20.3 Å². The molecule has 1 saturated carbocycles.